The van der Waals surface area contributed by atoms with E-state index >= 15 is 0 Å². The van der Waals surface area contributed by atoms with Crippen molar-refractivity contribution in [2.75, 3.05) is 5.43 Å². The monoisotopic (exact) mass is 210 g/mol. The number of anilines is 1. The van der Waals surface area contributed by atoms with Crippen LogP contribution in [0.2, 0.25) is 0 Å². The lowest BCUT2D eigenvalue weighted by Crippen LogP contribution is -2.08. The second kappa shape index (κ2) is 4.04. The first-order valence-corrected chi connectivity index (χ1v) is 4.25. The van der Waals surface area contributed by atoms with Gasteiger partial charge in [-0.3, -0.25) is 5.43 Å². The average Bonchev–Trinajstić information content (AvgIpc) is 2.71. The van der Waals surface area contributed by atoms with E-state index in [4.69, 9.17) is 0 Å². The van der Waals surface area contributed by atoms with Gasteiger partial charge in [-0.05, 0) is 12.1 Å². The third-order valence-corrected chi connectivity index (χ3v) is 1.83. The van der Waals surface area contributed by atoms with Gasteiger partial charge in [-0.25, -0.2) is 13.8 Å². The predicted molar refractivity (Wildman–Crippen MR) is 50.4 cm³/mol. The Balaban J connectivity index is 2.11. The molecule has 2 rings (SSSR count). The second-order valence-corrected chi connectivity index (χ2v) is 2.87. The molecule has 0 saturated carbocycles. The number of alkyl halides is 2. The number of nitrogens with one attached hydrogen (secondary N) is 1. The zero-order chi connectivity index (χ0) is 10.7. The molecule has 0 bridgehead atoms. The van der Waals surface area contributed by atoms with Crippen molar-refractivity contribution in [2.45, 2.75) is 6.43 Å². The zero-order valence-corrected chi connectivity index (χ0v) is 7.64. The third kappa shape index (κ3) is 2.28. The van der Waals surface area contributed by atoms with E-state index in [-0.39, 0.29) is 5.56 Å². The van der Waals surface area contributed by atoms with Crippen LogP contribution in [0.4, 0.5) is 14.5 Å². The quantitative estimate of drug-likeness (QED) is 0.843. The molecule has 1 N–H and O–H groups in total. The van der Waals surface area contributed by atoms with Crippen LogP contribution < -0.4 is 5.43 Å². The Bertz CT molecular complexity index is 410. The van der Waals surface area contributed by atoms with E-state index in [2.05, 4.69) is 15.5 Å². The van der Waals surface area contributed by atoms with Crippen LogP contribution in [-0.4, -0.2) is 14.9 Å². The van der Waals surface area contributed by atoms with E-state index in [0.29, 0.717) is 5.69 Å². The molecule has 0 saturated heterocycles. The normalized spacial score (nSPS) is 10.6. The molecule has 0 aliphatic heterocycles. The van der Waals surface area contributed by atoms with Crippen molar-refractivity contribution >= 4 is 5.69 Å². The smallest absolute Gasteiger partial charge is 0.263 e. The maximum Gasteiger partial charge on any atom is 0.263 e. The van der Waals surface area contributed by atoms with Crippen LogP contribution in [0.25, 0.3) is 0 Å². The average molecular weight is 210 g/mol. The van der Waals surface area contributed by atoms with E-state index in [0.717, 1.165) is 0 Å². The number of hydrogen-bond donors (Lipinski definition) is 1. The van der Waals surface area contributed by atoms with Crippen LogP contribution in [0.15, 0.2) is 36.9 Å². The fourth-order valence-corrected chi connectivity index (χ4v) is 1.10. The summed E-state index contributed by atoms with van der Waals surface area (Å²) in [6, 6.07) is 5.85. The van der Waals surface area contributed by atoms with Gasteiger partial charge in [0.15, 0.2) is 0 Å². The van der Waals surface area contributed by atoms with Crippen molar-refractivity contribution in [1.82, 2.24) is 14.9 Å². The Labute approximate surface area is 84.5 Å². The molecule has 78 valence electrons. The Kier molecular flexibility index (Phi) is 2.57. The Morgan fingerprint density at radius 1 is 1.20 bits per heavy atom. The van der Waals surface area contributed by atoms with Crippen molar-refractivity contribution in [3.63, 3.8) is 0 Å². The molecule has 1 aromatic carbocycles. The van der Waals surface area contributed by atoms with Crippen molar-refractivity contribution < 1.29 is 8.78 Å². The summed E-state index contributed by atoms with van der Waals surface area (Å²) in [7, 11) is 0. The van der Waals surface area contributed by atoms with Crippen LogP contribution in [0.5, 0.6) is 0 Å². The summed E-state index contributed by atoms with van der Waals surface area (Å²) in [4.78, 5) is 5.12. The van der Waals surface area contributed by atoms with E-state index in [1.54, 1.807) is 12.1 Å². The summed E-state index contributed by atoms with van der Waals surface area (Å²) in [6.45, 7) is 0. The fraction of sp³-hybridized carbons (Fsp3) is 0.111. The number of rotatable bonds is 3. The summed E-state index contributed by atoms with van der Waals surface area (Å²) >= 11 is 0. The molecule has 0 atom stereocenters. The van der Waals surface area contributed by atoms with Crippen LogP contribution in [0, 0.1) is 0 Å². The first kappa shape index (κ1) is 9.57. The topological polar surface area (TPSA) is 42.7 Å². The lowest BCUT2D eigenvalue weighted by atomic mass is 10.2. The minimum absolute atomic E-state index is 0.000796. The maximum atomic E-state index is 12.2. The second-order valence-electron chi connectivity index (χ2n) is 2.87. The van der Waals surface area contributed by atoms with Gasteiger partial charge < -0.3 is 0 Å². The van der Waals surface area contributed by atoms with Crippen molar-refractivity contribution in [3.8, 4) is 0 Å². The van der Waals surface area contributed by atoms with Gasteiger partial charge in [-0.2, -0.15) is 4.79 Å². The minimum atomic E-state index is -2.44. The maximum absolute atomic E-state index is 12.2. The van der Waals surface area contributed by atoms with Gasteiger partial charge in [-0.15, -0.1) is 5.10 Å². The number of benzene rings is 1. The van der Waals surface area contributed by atoms with Gasteiger partial charge in [0, 0.05) is 5.56 Å². The van der Waals surface area contributed by atoms with E-state index < -0.39 is 6.43 Å². The molecule has 0 radical (unpaired) electrons. The number of halogens is 2. The zero-order valence-electron chi connectivity index (χ0n) is 7.64. The van der Waals surface area contributed by atoms with Crippen molar-refractivity contribution in [1.29, 1.82) is 0 Å². The first-order chi connectivity index (χ1) is 7.25. The highest BCUT2D eigenvalue weighted by atomic mass is 19.3. The molecule has 0 fully saturated rings. The van der Waals surface area contributed by atoms with Crippen LogP contribution >= 0.6 is 0 Å². The molecule has 0 spiro atoms. The molecule has 6 heteroatoms. The molecule has 4 nitrogen and oxygen atoms in total. The Hall–Kier alpha value is -1.98. The summed E-state index contributed by atoms with van der Waals surface area (Å²) in [6.07, 6.45) is 0.409. The highest BCUT2D eigenvalue weighted by Crippen LogP contribution is 2.20. The van der Waals surface area contributed by atoms with Gasteiger partial charge in [-0.1, -0.05) is 12.1 Å². The molecule has 0 aliphatic carbocycles. The van der Waals surface area contributed by atoms with Gasteiger partial charge >= 0.3 is 0 Å². The van der Waals surface area contributed by atoms with Crippen molar-refractivity contribution in [3.05, 3.63) is 42.5 Å². The third-order valence-electron chi connectivity index (χ3n) is 1.83. The summed E-state index contributed by atoms with van der Waals surface area (Å²) in [5.74, 6) is 0. The predicted octanol–water partition coefficient (Wildman–Crippen LogP) is 2.09. The molecule has 15 heavy (non-hydrogen) atoms. The summed E-state index contributed by atoms with van der Waals surface area (Å²) in [5.41, 5.74) is 3.52. The highest BCUT2D eigenvalue weighted by Gasteiger charge is 2.05. The molecular formula is C9H8F2N4. The molecule has 0 unspecified atom stereocenters. The van der Waals surface area contributed by atoms with Gasteiger partial charge in [0.1, 0.15) is 12.7 Å². The lowest BCUT2D eigenvalue weighted by Gasteiger charge is -2.05. The van der Waals surface area contributed by atoms with Gasteiger partial charge in [0.2, 0.25) is 0 Å². The van der Waals surface area contributed by atoms with Crippen LogP contribution in [0.3, 0.4) is 0 Å². The number of aromatic nitrogens is 3. The fourth-order valence-electron chi connectivity index (χ4n) is 1.10. The molecular weight excluding hydrogens is 202 g/mol. The van der Waals surface area contributed by atoms with Crippen LogP contribution in [-0.2, 0) is 0 Å². The summed E-state index contributed by atoms with van der Waals surface area (Å²) < 4.78 is 24.5. The Morgan fingerprint density at radius 2 is 1.93 bits per heavy atom. The van der Waals surface area contributed by atoms with E-state index in [1.807, 2.05) is 0 Å². The molecule has 0 amide bonds. The highest BCUT2D eigenvalue weighted by molar-refractivity contribution is 5.44. The van der Waals surface area contributed by atoms with Gasteiger partial charge in [0.25, 0.3) is 6.43 Å². The standard InChI is InChI=1S/C9H8F2N4/c10-9(11)7-1-3-8(4-2-7)14-15-6-12-5-13-15/h1-6,9,14H. The molecule has 0 aliphatic rings. The molecule has 2 aromatic rings. The summed E-state index contributed by atoms with van der Waals surface area (Å²) in [5, 5.41) is 3.82. The Morgan fingerprint density at radius 3 is 2.47 bits per heavy atom. The lowest BCUT2D eigenvalue weighted by molar-refractivity contribution is 0.151. The van der Waals surface area contributed by atoms with Crippen LogP contribution in [0.1, 0.15) is 12.0 Å². The van der Waals surface area contributed by atoms with Gasteiger partial charge in [0.05, 0.1) is 5.69 Å². The number of hydrogen-bond acceptors (Lipinski definition) is 3. The molecule has 1 heterocycles. The molecule has 1 aromatic heterocycles. The first-order valence-electron chi connectivity index (χ1n) is 4.25. The minimum Gasteiger partial charge on any atom is -0.277 e. The largest absolute Gasteiger partial charge is 0.277 e. The SMILES string of the molecule is FC(F)c1ccc(Nn2cncn2)cc1. The van der Waals surface area contributed by atoms with E-state index in [9.17, 15) is 8.78 Å². The van der Waals surface area contributed by atoms with Crippen molar-refractivity contribution in [2.24, 2.45) is 0 Å². The van der Waals surface area contributed by atoms with E-state index in [1.165, 1.54) is 29.6 Å². The number of nitrogens with zero attached hydrogens (tertiary/aromatic N) is 3.